The van der Waals surface area contributed by atoms with Crippen LogP contribution in [0, 0.1) is 0 Å². The van der Waals surface area contributed by atoms with Gasteiger partial charge in [0.25, 0.3) is 5.79 Å². The van der Waals surface area contributed by atoms with E-state index < -0.39 is 128 Å². The lowest BCUT2D eigenvalue weighted by Crippen LogP contribution is -2.72. The Morgan fingerprint density at radius 1 is 0.541 bits per heavy atom. The van der Waals surface area contributed by atoms with Crippen LogP contribution >= 0.6 is 0 Å². The summed E-state index contributed by atoms with van der Waals surface area (Å²) in [5.74, 6) is -4.18. The monoisotopic (exact) mass is 1080 g/mol. The first kappa shape index (κ1) is 65.9. The van der Waals surface area contributed by atoms with E-state index >= 15 is 0 Å². The molecule has 0 saturated carbocycles. The molecule has 434 valence electrons. The van der Waals surface area contributed by atoms with E-state index in [4.69, 9.17) is 99.5 Å². The van der Waals surface area contributed by atoms with Crippen molar-refractivity contribution in [3.05, 3.63) is 0 Å². The third-order valence-corrected chi connectivity index (χ3v) is 14.0. The largest absolute Gasteiger partial charge is 0.465 e. The minimum Gasteiger partial charge on any atom is -0.465 e. The molecule has 0 aromatic rings. The lowest BCUT2D eigenvalue weighted by atomic mass is 9.86. The molecule has 0 aromatic heterocycles. The van der Waals surface area contributed by atoms with Crippen LogP contribution in [-0.2, 0) is 114 Å². The zero-order chi connectivity index (χ0) is 55.4. The van der Waals surface area contributed by atoms with Crippen molar-refractivity contribution in [1.29, 1.82) is 0 Å². The normalized spacial score (nSPS) is 33.0. The molecule has 3 rings (SSSR count). The van der Waals surface area contributed by atoms with E-state index in [0.29, 0.717) is 0 Å². The van der Waals surface area contributed by atoms with Gasteiger partial charge in [0.15, 0.2) is 12.6 Å². The summed E-state index contributed by atoms with van der Waals surface area (Å²) in [6.07, 6.45) is -18.8. The quantitative estimate of drug-likeness (QED) is 0.0738. The number of carbonyl (C=O) groups excluding carboxylic acids is 3. The smallest absolute Gasteiger partial charge is 0.366 e. The van der Waals surface area contributed by atoms with Crippen molar-refractivity contribution in [3.63, 3.8) is 0 Å². The summed E-state index contributed by atoms with van der Waals surface area (Å²) >= 11 is 0. The van der Waals surface area contributed by atoms with E-state index in [-0.39, 0.29) is 51.3 Å². The average Bonchev–Trinajstić information content (AvgIpc) is 3.39. The average molecular weight is 1080 g/mol. The van der Waals surface area contributed by atoms with Gasteiger partial charge in [0.2, 0.25) is 11.8 Å². The van der Waals surface area contributed by atoms with Crippen LogP contribution in [0.3, 0.4) is 0 Å². The van der Waals surface area contributed by atoms with Crippen LogP contribution in [0.15, 0.2) is 0 Å². The molecule has 0 spiro atoms. The highest BCUT2D eigenvalue weighted by atomic mass is 16.8. The van der Waals surface area contributed by atoms with Crippen LogP contribution in [0.4, 0.5) is 0 Å². The Kier molecular flexibility index (Phi) is 28.9. The van der Waals surface area contributed by atoms with Gasteiger partial charge in [-0.3, -0.25) is 9.59 Å². The summed E-state index contributed by atoms with van der Waals surface area (Å²) in [5, 5.41) is 0. The van der Waals surface area contributed by atoms with Crippen LogP contribution in [0.2, 0.25) is 0 Å². The fraction of sp³-hybridized carbons (Fsp3) is 0.938. The van der Waals surface area contributed by atoms with Crippen molar-refractivity contribution in [2.24, 2.45) is 0 Å². The van der Waals surface area contributed by atoms with Gasteiger partial charge in [0.1, 0.15) is 91.5 Å². The SMILES string of the molecule is COCC(OC)C(OC)C(OC1OC(COC)C(OC2OC(COC)C(OC)C(OC)C2N(C)C(C)=O)C(OC2(C(=O)OC)CC(OC)C(N(C)C(C)=O)C(C(OC)C(COC)OC)O2)C1OC)C(COC)OC. The molecular weight excluding hydrogens is 989 g/mol. The second-order valence-electron chi connectivity index (χ2n) is 18.0. The summed E-state index contributed by atoms with van der Waals surface area (Å²) in [5.41, 5.74) is 0. The second kappa shape index (κ2) is 32.5. The van der Waals surface area contributed by atoms with E-state index in [1.54, 1.807) is 14.1 Å². The van der Waals surface area contributed by atoms with Gasteiger partial charge in [-0.1, -0.05) is 0 Å². The van der Waals surface area contributed by atoms with Gasteiger partial charge in [-0.25, -0.2) is 4.79 Å². The third kappa shape index (κ3) is 15.5. The minimum atomic E-state index is -2.45. The summed E-state index contributed by atoms with van der Waals surface area (Å²) in [6.45, 7) is 2.68. The van der Waals surface area contributed by atoms with Crippen molar-refractivity contribution in [2.75, 3.05) is 154 Å². The standard InChI is InChI=1S/C48H88N2O24/c1-26(51)49(3)34-28(59-10)20-48(47(53)68-19,73-42(34)37(64-15)30(61-12)22-55-6)74-43-40(71-45-35(50(4)27(2)52)41(66-17)38(65-16)32(69-45)24-57-8)33(25-58-9)70-46(44(43)67-18)72-39(31(62-13)23-56-7)36(63-14)29(60-11)21-54-5/h28-46H,20-25H2,1-19H3. The predicted octanol–water partition coefficient (Wildman–Crippen LogP) is -0.689. The molecule has 20 atom stereocenters. The molecule has 3 aliphatic heterocycles. The van der Waals surface area contributed by atoms with Crippen molar-refractivity contribution in [3.8, 4) is 0 Å². The van der Waals surface area contributed by atoms with E-state index in [2.05, 4.69) is 0 Å². The highest BCUT2D eigenvalue weighted by Gasteiger charge is 2.63. The Hall–Kier alpha value is -2.39. The zero-order valence-corrected chi connectivity index (χ0v) is 46.9. The number of carbonyl (C=O) groups is 3. The molecule has 3 saturated heterocycles. The molecular formula is C48H88N2O24. The molecule has 20 unspecified atom stereocenters. The van der Waals surface area contributed by atoms with Crippen molar-refractivity contribution < 1.29 is 114 Å². The highest BCUT2D eigenvalue weighted by molar-refractivity contribution is 5.78. The van der Waals surface area contributed by atoms with Crippen LogP contribution in [0.5, 0.6) is 0 Å². The maximum absolute atomic E-state index is 14.9. The van der Waals surface area contributed by atoms with Crippen LogP contribution in [0.1, 0.15) is 20.3 Å². The third-order valence-electron chi connectivity index (χ3n) is 14.0. The first-order valence-electron chi connectivity index (χ1n) is 24.2. The van der Waals surface area contributed by atoms with Gasteiger partial charge in [-0.05, 0) is 0 Å². The van der Waals surface area contributed by atoms with E-state index in [9.17, 15) is 14.4 Å². The van der Waals surface area contributed by atoms with Crippen molar-refractivity contribution in [1.82, 2.24) is 9.80 Å². The van der Waals surface area contributed by atoms with Gasteiger partial charge in [0, 0.05) is 134 Å². The molecule has 0 aliphatic carbocycles. The number of hydrogen-bond acceptors (Lipinski definition) is 24. The Morgan fingerprint density at radius 2 is 1.04 bits per heavy atom. The number of ether oxygens (including phenoxy) is 21. The zero-order valence-electron chi connectivity index (χ0n) is 46.9. The molecule has 0 radical (unpaired) electrons. The number of rotatable bonds is 33. The molecule has 0 aromatic carbocycles. The lowest BCUT2D eigenvalue weighted by molar-refractivity contribution is -0.401. The van der Waals surface area contributed by atoms with Gasteiger partial charge >= 0.3 is 5.97 Å². The number of likely N-dealkylation sites (N-methyl/N-ethyl adjacent to an activating group) is 2. The molecule has 26 nitrogen and oxygen atoms in total. The number of amides is 2. The molecule has 0 bridgehead atoms. The minimum absolute atomic E-state index is 0.00561. The molecule has 3 heterocycles. The maximum Gasteiger partial charge on any atom is 0.366 e. The summed E-state index contributed by atoms with van der Waals surface area (Å²) < 4.78 is 130. The Balaban J connectivity index is 2.51. The van der Waals surface area contributed by atoms with Gasteiger partial charge in [0.05, 0.1) is 52.3 Å². The van der Waals surface area contributed by atoms with Gasteiger partial charge in [-0.15, -0.1) is 0 Å². The van der Waals surface area contributed by atoms with Gasteiger partial charge < -0.3 is 109 Å². The van der Waals surface area contributed by atoms with Crippen LogP contribution in [-0.4, -0.2) is 303 Å². The summed E-state index contributed by atoms with van der Waals surface area (Å²) in [6, 6.07) is -1.92. The number of methoxy groups -OCH3 is 15. The maximum atomic E-state index is 14.9. The van der Waals surface area contributed by atoms with E-state index in [1.807, 2.05) is 0 Å². The number of esters is 1. The molecule has 74 heavy (non-hydrogen) atoms. The predicted molar refractivity (Wildman–Crippen MR) is 257 cm³/mol. The number of hydrogen-bond donors (Lipinski definition) is 0. The Bertz CT molecular complexity index is 1630. The first-order valence-corrected chi connectivity index (χ1v) is 24.2. The summed E-state index contributed by atoms with van der Waals surface area (Å²) in [7, 11) is 24.9. The molecule has 3 fully saturated rings. The topological polar surface area (TPSA) is 252 Å². The summed E-state index contributed by atoms with van der Waals surface area (Å²) in [4.78, 5) is 44.4. The molecule has 2 amide bonds. The second-order valence-corrected chi connectivity index (χ2v) is 18.0. The van der Waals surface area contributed by atoms with Gasteiger partial charge in [-0.2, -0.15) is 0 Å². The highest BCUT2D eigenvalue weighted by Crippen LogP contribution is 2.43. The number of nitrogens with zero attached hydrogens (tertiary/aromatic N) is 2. The molecule has 0 N–H and O–H groups in total. The Labute approximate surface area is 436 Å². The fourth-order valence-electron chi connectivity index (χ4n) is 10.1. The molecule has 3 aliphatic rings. The van der Waals surface area contributed by atoms with E-state index in [0.717, 1.165) is 7.11 Å². The first-order chi connectivity index (χ1) is 35.4. The van der Waals surface area contributed by atoms with Crippen LogP contribution < -0.4 is 0 Å². The fourth-order valence-corrected chi connectivity index (χ4v) is 10.1. The lowest BCUT2D eigenvalue weighted by Gasteiger charge is -2.55. The molecule has 26 heteroatoms. The van der Waals surface area contributed by atoms with Crippen molar-refractivity contribution in [2.45, 2.75) is 142 Å². The van der Waals surface area contributed by atoms with Crippen molar-refractivity contribution >= 4 is 17.8 Å². The van der Waals surface area contributed by atoms with E-state index in [1.165, 1.54) is 123 Å². The van der Waals surface area contributed by atoms with Crippen LogP contribution in [0.25, 0.3) is 0 Å². The Morgan fingerprint density at radius 3 is 1.49 bits per heavy atom.